The third-order valence-electron chi connectivity index (χ3n) is 5.06. The van der Waals surface area contributed by atoms with Gasteiger partial charge in [-0.2, -0.15) is 0 Å². The fraction of sp³-hybridized carbons (Fsp3) is 0.588. The van der Waals surface area contributed by atoms with Gasteiger partial charge in [-0.05, 0) is 32.1 Å². The van der Waals surface area contributed by atoms with Gasteiger partial charge in [0.15, 0.2) is 0 Å². The molecular formula is C17H22N4OS. The zero-order chi connectivity index (χ0) is 15.8. The van der Waals surface area contributed by atoms with Gasteiger partial charge in [0.05, 0.1) is 23.4 Å². The first-order valence-corrected chi connectivity index (χ1v) is 9.24. The zero-order valence-corrected chi connectivity index (χ0v) is 14.3. The Morgan fingerprint density at radius 1 is 1.35 bits per heavy atom. The minimum absolute atomic E-state index is 0.216. The summed E-state index contributed by atoms with van der Waals surface area (Å²) in [7, 11) is 1.93. The Morgan fingerprint density at radius 3 is 2.87 bits per heavy atom. The Balaban J connectivity index is 1.35. The van der Waals surface area contributed by atoms with Crippen molar-refractivity contribution in [3.05, 3.63) is 33.8 Å². The summed E-state index contributed by atoms with van der Waals surface area (Å²) in [5.74, 6) is 0.764. The molecule has 0 bridgehead atoms. The molecule has 0 N–H and O–H groups in total. The van der Waals surface area contributed by atoms with E-state index in [1.807, 2.05) is 27.9 Å². The minimum atomic E-state index is 0.216. The Labute approximate surface area is 140 Å². The maximum Gasteiger partial charge on any atom is 0.228 e. The summed E-state index contributed by atoms with van der Waals surface area (Å²) in [6.45, 7) is 1.71. The van der Waals surface area contributed by atoms with Crippen LogP contribution in [0.3, 0.4) is 0 Å². The molecule has 2 aliphatic rings. The van der Waals surface area contributed by atoms with Crippen LogP contribution in [0.5, 0.6) is 0 Å². The van der Waals surface area contributed by atoms with E-state index in [9.17, 15) is 4.79 Å². The van der Waals surface area contributed by atoms with Crippen molar-refractivity contribution < 1.29 is 4.79 Å². The highest BCUT2D eigenvalue weighted by Crippen LogP contribution is 2.35. The highest BCUT2D eigenvalue weighted by Gasteiger charge is 2.27. The first-order valence-electron chi connectivity index (χ1n) is 8.42. The molecule has 23 heavy (non-hydrogen) atoms. The molecule has 0 saturated carbocycles. The van der Waals surface area contributed by atoms with Crippen LogP contribution in [0.25, 0.3) is 0 Å². The molecule has 0 atom stereocenters. The second-order valence-corrected chi connectivity index (χ2v) is 7.72. The van der Waals surface area contributed by atoms with Crippen LogP contribution in [-0.2, 0) is 31.1 Å². The van der Waals surface area contributed by atoms with E-state index < -0.39 is 0 Å². The standard InChI is InChI=1S/C17H22N4OS/c1-20-11-18-10-13(20)9-16(22)21-7-5-12(6-8-21)17-19-14-3-2-4-15(14)23-17/h10-12H,2-9H2,1H3. The van der Waals surface area contributed by atoms with E-state index in [1.165, 1.54) is 28.4 Å². The SMILES string of the molecule is Cn1cncc1CC(=O)N1CCC(c2nc3c(s2)CCC3)CC1. The fourth-order valence-corrected chi connectivity index (χ4v) is 4.91. The topological polar surface area (TPSA) is 51.0 Å². The quantitative estimate of drug-likeness (QED) is 0.868. The maximum atomic E-state index is 12.4. The number of thiazole rings is 1. The molecule has 1 saturated heterocycles. The predicted octanol–water partition coefficient (Wildman–Crippen LogP) is 2.31. The third-order valence-corrected chi connectivity index (χ3v) is 6.38. The predicted molar refractivity (Wildman–Crippen MR) is 89.6 cm³/mol. The van der Waals surface area contributed by atoms with Crippen LogP contribution in [0, 0.1) is 0 Å². The Bertz CT molecular complexity index is 691. The van der Waals surface area contributed by atoms with Crippen molar-refractivity contribution in [2.45, 2.75) is 44.4 Å². The molecule has 1 aliphatic carbocycles. The van der Waals surface area contributed by atoms with Crippen LogP contribution in [0.2, 0.25) is 0 Å². The average molecular weight is 330 g/mol. The van der Waals surface area contributed by atoms with Crippen molar-refractivity contribution >= 4 is 17.2 Å². The lowest BCUT2D eigenvalue weighted by atomic mass is 9.97. The van der Waals surface area contributed by atoms with Gasteiger partial charge in [0.2, 0.25) is 5.91 Å². The van der Waals surface area contributed by atoms with E-state index >= 15 is 0 Å². The molecular weight excluding hydrogens is 308 g/mol. The Morgan fingerprint density at radius 2 is 2.17 bits per heavy atom. The second kappa shape index (κ2) is 6.07. The molecule has 0 aromatic carbocycles. The van der Waals surface area contributed by atoms with Gasteiger partial charge in [-0.15, -0.1) is 11.3 Å². The van der Waals surface area contributed by atoms with E-state index in [0.717, 1.165) is 38.0 Å². The molecule has 0 unspecified atom stereocenters. The van der Waals surface area contributed by atoms with Gasteiger partial charge in [-0.3, -0.25) is 4.79 Å². The first kappa shape index (κ1) is 14.9. The van der Waals surface area contributed by atoms with Crippen LogP contribution in [0.1, 0.15) is 46.5 Å². The lowest BCUT2D eigenvalue weighted by Gasteiger charge is -2.31. The molecule has 2 aromatic heterocycles. The van der Waals surface area contributed by atoms with Crippen LogP contribution < -0.4 is 0 Å². The smallest absolute Gasteiger partial charge is 0.228 e. The van der Waals surface area contributed by atoms with Crippen molar-refractivity contribution in [2.75, 3.05) is 13.1 Å². The second-order valence-electron chi connectivity index (χ2n) is 6.60. The summed E-state index contributed by atoms with van der Waals surface area (Å²) in [6.07, 6.45) is 9.72. The van der Waals surface area contributed by atoms with E-state index in [-0.39, 0.29) is 5.91 Å². The van der Waals surface area contributed by atoms with Crippen molar-refractivity contribution in [3.63, 3.8) is 0 Å². The van der Waals surface area contributed by atoms with Gasteiger partial charge in [0.1, 0.15) is 0 Å². The summed E-state index contributed by atoms with van der Waals surface area (Å²) < 4.78 is 1.92. The Hall–Kier alpha value is -1.69. The number of amides is 1. The fourth-order valence-electron chi connectivity index (χ4n) is 3.58. The monoisotopic (exact) mass is 330 g/mol. The lowest BCUT2D eigenvalue weighted by molar-refractivity contribution is -0.131. The average Bonchev–Trinajstić information content (AvgIpc) is 3.24. The number of hydrogen-bond acceptors (Lipinski definition) is 4. The van der Waals surface area contributed by atoms with Crippen molar-refractivity contribution in [3.8, 4) is 0 Å². The van der Waals surface area contributed by atoms with Crippen LogP contribution in [0.4, 0.5) is 0 Å². The molecule has 6 heteroatoms. The number of carbonyl (C=O) groups is 1. The van der Waals surface area contributed by atoms with Crippen LogP contribution in [0.15, 0.2) is 12.5 Å². The first-order chi connectivity index (χ1) is 11.2. The number of nitrogens with zero attached hydrogens (tertiary/aromatic N) is 4. The third kappa shape index (κ3) is 2.92. The van der Waals surface area contributed by atoms with Gasteiger partial charge in [0.25, 0.3) is 0 Å². The van der Waals surface area contributed by atoms with E-state index in [1.54, 1.807) is 12.5 Å². The number of aromatic nitrogens is 3. The van der Waals surface area contributed by atoms with Crippen LogP contribution in [-0.4, -0.2) is 38.4 Å². The molecule has 0 spiro atoms. The summed E-state index contributed by atoms with van der Waals surface area (Å²) in [6, 6.07) is 0. The lowest BCUT2D eigenvalue weighted by Crippen LogP contribution is -2.39. The molecule has 2 aromatic rings. The van der Waals surface area contributed by atoms with Crippen LogP contribution >= 0.6 is 11.3 Å². The molecule has 1 amide bonds. The van der Waals surface area contributed by atoms with Crippen molar-refractivity contribution in [1.82, 2.24) is 19.4 Å². The summed E-state index contributed by atoms with van der Waals surface area (Å²) in [5, 5.41) is 1.31. The maximum absolute atomic E-state index is 12.4. The number of imidazole rings is 1. The van der Waals surface area contributed by atoms with Crippen molar-refractivity contribution in [2.24, 2.45) is 7.05 Å². The van der Waals surface area contributed by atoms with Gasteiger partial charge in [-0.25, -0.2) is 9.97 Å². The number of aryl methyl sites for hydroxylation is 3. The molecule has 1 fully saturated rings. The summed E-state index contributed by atoms with van der Waals surface area (Å²) in [4.78, 5) is 24.9. The Kier molecular flexibility index (Phi) is 3.93. The summed E-state index contributed by atoms with van der Waals surface area (Å²) >= 11 is 1.92. The van der Waals surface area contributed by atoms with E-state index in [2.05, 4.69) is 4.98 Å². The number of fused-ring (bicyclic) bond motifs is 1. The minimum Gasteiger partial charge on any atom is -0.342 e. The molecule has 5 nitrogen and oxygen atoms in total. The molecule has 3 heterocycles. The molecule has 4 rings (SSSR count). The number of piperidine rings is 1. The van der Waals surface area contributed by atoms with E-state index in [0.29, 0.717) is 12.3 Å². The van der Waals surface area contributed by atoms with Gasteiger partial charge in [0, 0.05) is 42.8 Å². The number of rotatable bonds is 3. The summed E-state index contributed by atoms with van der Waals surface area (Å²) in [5.41, 5.74) is 2.33. The normalized spacial score (nSPS) is 18.4. The highest BCUT2D eigenvalue weighted by molar-refractivity contribution is 7.11. The number of carbonyl (C=O) groups excluding carboxylic acids is 1. The molecule has 0 radical (unpaired) electrons. The van der Waals surface area contributed by atoms with Gasteiger partial charge < -0.3 is 9.47 Å². The highest BCUT2D eigenvalue weighted by atomic mass is 32.1. The molecule has 122 valence electrons. The van der Waals surface area contributed by atoms with Gasteiger partial charge >= 0.3 is 0 Å². The van der Waals surface area contributed by atoms with E-state index in [4.69, 9.17) is 4.98 Å². The van der Waals surface area contributed by atoms with Gasteiger partial charge in [-0.1, -0.05) is 0 Å². The molecule has 1 aliphatic heterocycles. The largest absolute Gasteiger partial charge is 0.342 e. The number of likely N-dealkylation sites (tertiary alicyclic amines) is 1. The zero-order valence-electron chi connectivity index (χ0n) is 13.5. The van der Waals surface area contributed by atoms with Crippen molar-refractivity contribution in [1.29, 1.82) is 0 Å². The number of hydrogen-bond donors (Lipinski definition) is 0.